The molecular weight excluding hydrogens is 176 g/mol. The van der Waals surface area contributed by atoms with Gasteiger partial charge >= 0.3 is 0 Å². The molecule has 0 spiro atoms. The van der Waals surface area contributed by atoms with Gasteiger partial charge in [0.05, 0.1) is 5.75 Å². The summed E-state index contributed by atoms with van der Waals surface area (Å²) in [7, 11) is -1.35. The molecule has 1 aliphatic carbocycles. The lowest BCUT2D eigenvalue weighted by Crippen LogP contribution is -2.31. The van der Waals surface area contributed by atoms with Crippen molar-refractivity contribution in [2.75, 3.05) is 19.3 Å². The molecule has 0 aromatic heterocycles. The van der Waals surface area contributed by atoms with E-state index in [1.54, 1.807) is 7.05 Å². The summed E-state index contributed by atoms with van der Waals surface area (Å²) in [5, 5.41) is 0. The zero-order chi connectivity index (χ0) is 9.19. The second-order valence-electron chi connectivity index (χ2n) is 3.21. The third-order valence-corrected chi connectivity index (χ3v) is 4.09. The summed E-state index contributed by atoms with van der Waals surface area (Å²) in [5.74, 6) is 0.191. The Morgan fingerprint density at radius 1 is 1.50 bits per heavy atom. The van der Waals surface area contributed by atoms with Crippen molar-refractivity contribution in [2.45, 2.75) is 25.3 Å². The number of nitrogens with two attached hydrogens (primary N) is 1. The Kier molecular flexibility index (Phi) is 3.09. The molecule has 72 valence electrons. The van der Waals surface area contributed by atoms with E-state index in [-0.39, 0.29) is 11.8 Å². The second-order valence-corrected chi connectivity index (χ2v) is 5.35. The Balaban J connectivity index is 2.45. The summed E-state index contributed by atoms with van der Waals surface area (Å²) in [4.78, 5) is 0. The first kappa shape index (κ1) is 9.95. The second kappa shape index (κ2) is 3.72. The number of sulfonamides is 1. The maximum atomic E-state index is 11.4. The summed E-state index contributed by atoms with van der Waals surface area (Å²) >= 11 is 0. The van der Waals surface area contributed by atoms with Crippen LogP contribution in [0.4, 0.5) is 0 Å². The van der Waals surface area contributed by atoms with Crippen molar-refractivity contribution in [3.63, 3.8) is 0 Å². The Morgan fingerprint density at radius 2 is 2.08 bits per heavy atom. The molecule has 0 atom stereocenters. The third kappa shape index (κ3) is 2.43. The third-order valence-electron chi connectivity index (χ3n) is 2.11. The van der Waals surface area contributed by atoms with Crippen molar-refractivity contribution in [3.8, 4) is 0 Å². The molecule has 1 fully saturated rings. The highest BCUT2D eigenvalue weighted by Gasteiger charge is 2.33. The lowest BCUT2D eigenvalue weighted by atomic mass is 10.5. The largest absolute Gasteiger partial charge is 0.330 e. The van der Waals surface area contributed by atoms with Gasteiger partial charge < -0.3 is 5.73 Å². The van der Waals surface area contributed by atoms with Crippen molar-refractivity contribution in [3.05, 3.63) is 0 Å². The summed E-state index contributed by atoms with van der Waals surface area (Å²) in [6, 6.07) is 0.271. The number of nitrogens with zero attached hydrogens (tertiary/aromatic N) is 1. The van der Waals surface area contributed by atoms with E-state index in [0.29, 0.717) is 13.0 Å². The monoisotopic (exact) mass is 192 g/mol. The van der Waals surface area contributed by atoms with E-state index in [1.165, 1.54) is 4.31 Å². The van der Waals surface area contributed by atoms with Crippen molar-refractivity contribution >= 4 is 10.0 Å². The van der Waals surface area contributed by atoms with E-state index in [0.717, 1.165) is 12.8 Å². The molecule has 4 nitrogen and oxygen atoms in total. The molecule has 0 aromatic carbocycles. The quantitative estimate of drug-likeness (QED) is 0.654. The fourth-order valence-corrected chi connectivity index (χ4v) is 2.56. The molecule has 2 N–H and O–H groups in total. The molecule has 0 bridgehead atoms. The molecule has 0 unspecified atom stereocenters. The summed E-state index contributed by atoms with van der Waals surface area (Å²) < 4.78 is 24.4. The number of hydrogen-bond donors (Lipinski definition) is 1. The lowest BCUT2D eigenvalue weighted by Gasteiger charge is -2.15. The van der Waals surface area contributed by atoms with Gasteiger partial charge in [-0.3, -0.25) is 0 Å². The molecule has 1 aliphatic rings. The van der Waals surface area contributed by atoms with E-state index in [4.69, 9.17) is 5.73 Å². The first-order chi connectivity index (χ1) is 5.58. The van der Waals surface area contributed by atoms with Crippen LogP contribution in [-0.4, -0.2) is 38.1 Å². The predicted molar refractivity (Wildman–Crippen MR) is 48.2 cm³/mol. The SMILES string of the molecule is CN(C1CC1)S(=O)(=O)CCCN. The molecule has 0 aromatic rings. The summed E-state index contributed by atoms with van der Waals surface area (Å²) in [6.45, 7) is 0.442. The van der Waals surface area contributed by atoms with Gasteiger partial charge in [-0.1, -0.05) is 0 Å². The Morgan fingerprint density at radius 3 is 2.50 bits per heavy atom. The lowest BCUT2D eigenvalue weighted by molar-refractivity contribution is 0.463. The summed E-state index contributed by atoms with van der Waals surface area (Å²) in [5.41, 5.74) is 5.24. The molecule has 0 heterocycles. The van der Waals surface area contributed by atoms with Crippen LogP contribution in [0.1, 0.15) is 19.3 Å². The van der Waals surface area contributed by atoms with Gasteiger partial charge in [0.2, 0.25) is 10.0 Å². The van der Waals surface area contributed by atoms with E-state index in [9.17, 15) is 8.42 Å². The van der Waals surface area contributed by atoms with Gasteiger partial charge in [0.25, 0.3) is 0 Å². The van der Waals surface area contributed by atoms with Crippen LogP contribution < -0.4 is 5.73 Å². The minimum absolute atomic E-state index is 0.191. The topological polar surface area (TPSA) is 63.4 Å². The Labute approximate surface area is 73.8 Å². The predicted octanol–water partition coefficient (Wildman–Crippen LogP) is -0.241. The average Bonchev–Trinajstić information content (AvgIpc) is 2.82. The van der Waals surface area contributed by atoms with Gasteiger partial charge in [-0.2, -0.15) is 0 Å². The number of rotatable bonds is 5. The smallest absolute Gasteiger partial charge is 0.214 e. The maximum Gasteiger partial charge on any atom is 0.214 e. The minimum atomic E-state index is -3.01. The summed E-state index contributed by atoms with van der Waals surface area (Å²) in [6.07, 6.45) is 2.58. The van der Waals surface area contributed by atoms with E-state index in [2.05, 4.69) is 0 Å². The van der Waals surface area contributed by atoms with Gasteiger partial charge in [0.15, 0.2) is 0 Å². The molecular formula is C7H16N2O2S. The van der Waals surface area contributed by atoms with Crippen molar-refractivity contribution in [2.24, 2.45) is 5.73 Å². The van der Waals surface area contributed by atoms with Gasteiger partial charge in [0.1, 0.15) is 0 Å². The van der Waals surface area contributed by atoms with E-state index in [1.807, 2.05) is 0 Å². The number of hydrogen-bond acceptors (Lipinski definition) is 3. The van der Waals surface area contributed by atoms with Gasteiger partial charge in [-0.25, -0.2) is 12.7 Å². The van der Waals surface area contributed by atoms with Crippen molar-refractivity contribution < 1.29 is 8.42 Å². The van der Waals surface area contributed by atoms with Crippen molar-refractivity contribution in [1.29, 1.82) is 0 Å². The molecule has 1 rings (SSSR count). The molecule has 0 aliphatic heterocycles. The van der Waals surface area contributed by atoms with Crippen LogP contribution >= 0.6 is 0 Å². The highest BCUT2D eigenvalue weighted by atomic mass is 32.2. The molecule has 0 amide bonds. The minimum Gasteiger partial charge on any atom is -0.330 e. The standard InChI is InChI=1S/C7H16N2O2S/c1-9(7-3-4-7)12(10,11)6-2-5-8/h7H,2-6,8H2,1H3. The van der Waals surface area contributed by atoms with Crippen molar-refractivity contribution in [1.82, 2.24) is 4.31 Å². The molecule has 5 heteroatoms. The highest BCUT2D eigenvalue weighted by Crippen LogP contribution is 2.27. The van der Waals surface area contributed by atoms with E-state index >= 15 is 0 Å². The normalized spacial score (nSPS) is 18.6. The Hall–Kier alpha value is -0.130. The van der Waals surface area contributed by atoms with E-state index < -0.39 is 10.0 Å². The van der Waals surface area contributed by atoms with Crippen LogP contribution in [-0.2, 0) is 10.0 Å². The Bertz CT molecular complexity index is 234. The average molecular weight is 192 g/mol. The van der Waals surface area contributed by atoms with Crippen LogP contribution in [0.15, 0.2) is 0 Å². The van der Waals surface area contributed by atoms with Gasteiger partial charge in [0, 0.05) is 13.1 Å². The zero-order valence-corrected chi connectivity index (χ0v) is 8.18. The van der Waals surface area contributed by atoms with Crippen LogP contribution in [0.5, 0.6) is 0 Å². The van der Waals surface area contributed by atoms with Crippen LogP contribution in [0.25, 0.3) is 0 Å². The first-order valence-electron chi connectivity index (χ1n) is 4.23. The first-order valence-corrected chi connectivity index (χ1v) is 5.84. The molecule has 1 saturated carbocycles. The fraction of sp³-hybridized carbons (Fsp3) is 1.00. The maximum absolute atomic E-state index is 11.4. The van der Waals surface area contributed by atoms with Crippen LogP contribution in [0.2, 0.25) is 0 Å². The molecule has 12 heavy (non-hydrogen) atoms. The zero-order valence-electron chi connectivity index (χ0n) is 7.36. The van der Waals surface area contributed by atoms with Gasteiger partial charge in [-0.15, -0.1) is 0 Å². The highest BCUT2D eigenvalue weighted by molar-refractivity contribution is 7.89. The molecule has 0 radical (unpaired) electrons. The van der Waals surface area contributed by atoms with Crippen LogP contribution in [0, 0.1) is 0 Å². The molecule has 0 saturated heterocycles. The van der Waals surface area contributed by atoms with Gasteiger partial charge in [-0.05, 0) is 25.8 Å². The van der Waals surface area contributed by atoms with Crippen LogP contribution in [0.3, 0.4) is 0 Å². The fourth-order valence-electron chi connectivity index (χ4n) is 1.07.